The zero-order valence-electron chi connectivity index (χ0n) is 6.35. The molecule has 0 spiro atoms. The summed E-state index contributed by atoms with van der Waals surface area (Å²) in [4.78, 5) is 2.32. The van der Waals surface area contributed by atoms with Gasteiger partial charge in [-0.25, -0.2) is 0 Å². The van der Waals surface area contributed by atoms with Crippen LogP contribution in [0, 0.1) is 0 Å². The third-order valence-corrected chi connectivity index (χ3v) is 2.23. The summed E-state index contributed by atoms with van der Waals surface area (Å²) in [6.07, 6.45) is 1.59. The molecule has 1 rings (SSSR count). The van der Waals surface area contributed by atoms with Crippen LogP contribution in [0.3, 0.4) is 0 Å². The summed E-state index contributed by atoms with van der Waals surface area (Å²) in [7, 11) is 2.14. The quantitative estimate of drug-likeness (QED) is 0.630. The summed E-state index contributed by atoms with van der Waals surface area (Å²) < 4.78 is 5.52. The smallest absolute Gasteiger partial charge is 0.0710 e. The maximum Gasteiger partial charge on any atom is 0.0710 e. The van der Waals surface area contributed by atoms with Gasteiger partial charge in [0.1, 0.15) is 0 Å². The number of nitrogens with zero attached hydrogens (tertiary/aromatic N) is 1. The van der Waals surface area contributed by atoms with Crippen LogP contribution >= 0.6 is 15.9 Å². The molecule has 0 aromatic heterocycles. The van der Waals surface area contributed by atoms with Gasteiger partial charge < -0.3 is 9.64 Å². The third kappa shape index (κ3) is 2.56. The molecule has 1 unspecified atom stereocenters. The van der Waals surface area contributed by atoms with Gasteiger partial charge in [0.25, 0.3) is 0 Å². The molecule has 3 heteroatoms. The Hall–Kier alpha value is 0.400. The summed E-state index contributed by atoms with van der Waals surface area (Å²) in [6.45, 7) is 3.07. The number of likely N-dealkylation sites (N-methyl/N-ethyl adjacent to an activating group) is 1. The van der Waals surface area contributed by atoms with Crippen LogP contribution < -0.4 is 0 Å². The molecule has 10 heavy (non-hydrogen) atoms. The minimum absolute atomic E-state index is 0.457. The minimum atomic E-state index is 0.457. The van der Waals surface area contributed by atoms with E-state index in [0.29, 0.717) is 6.10 Å². The number of hydrogen-bond acceptors (Lipinski definition) is 2. The maximum absolute atomic E-state index is 5.52. The van der Waals surface area contributed by atoms with E-state index in [2.05, 4.69) is 27.9 Å². The number of alkyl halides is 1. The van der Waals surface area contributed by atoms with Gasteiger partial charge in [0, 0.05) is 18.4 Å². The standard InChI is InChI=1S/C7H14BrNO/c1-9-4-5-10-7(6-9)2-3-8/h7H,2-6H2,1H3. The van der Waals surface area contributed by atoms with Crippen molar-refractivity contribution in [3.63, 3.8) is 0 Å². The highest BCUT2D eigenvalue weighted by Crippen LogP contribution is 2.07. The largest absolute Gasteiger partial charge is 0.376 e. The van der Waals surface area contributed by atoms with E-state index in [0.717, 1.165) is 31.4 Å². The van der Waals surface area contributed by atoms with Crippen LogP contribution in [0.5, 0.6) is 0 Å². The third-order valence-electron chi connectivity index (χ3n) is 1.77. The SMILES string of the molecule is CN1CCOC(CCBr)C1. The molecule has 0 N–H and O–H groups in total. The van der Waals surface area contributed by atoms with Crippen LogP contribution in [0.2, 0.25) is 0 Å². The molecule has 60 valence electrons. The lowest BCUT2D eigenvalue weighted by atomic mass is 10.2. The lowest BCUT2D eigenvalue weighted by Gasteiger charge is -2.29. The minimum Gasteiger partial charge on any atom is -0.376 e. The van der Waals surface area contributed by atoms with Gasteiger partial charge in [-0.1, -0.05) is 15.9 Å². The monoisotopic (exact) mass is 207 g/mol. The molecular weight excluding hydrogens is 194 g/mol. The Balaban J connectivity index is 2.18. The highest BCUT2D eigenvalue weighted by molar-refractivity contribution is 9.09. The van der Waals surface area contributed by atoms with Crippen LogP contribution in [0.4, 0.5) is 0 Å². The summed E-state index contributed by atoms with van der Waals surface area (Å²) >= 11 is 3.41. The van der Waals surface area contributed by atoms with Crippen molar-refractivity contribution in [1.82, 2.24) is 4.90 Å². The van der Waals surface area contributed by atoms with E-state index < -0.39 is 0 Å². The summed E-state index contributed by atoms with van der Waals surface area (Å²) in [5.74, 6) is 0. The van der Waals surface area contributed by atoms with Crippen LogP contribution in [0.25, 0.3) is 0 Å². The first kappa shape index (κ1) is 8.50. The second-order valence-corrected chi connectivity index (χ2v) is 3.53. The maximum atomic E-state index is 5.52. The van der Waals surface area contributed by atoms with Crippen molar-refractivity contribution in [2.45, 2.75) is 12.5 Å². The predicted octanol–water partition coefficient (Wildman–Crippen LogP) is 1.10. The van der Waals surface area contributed by atoms with Crippen molar-refractivity contribution >= 4 is 15.9 Å². The molecule has 0 aromatic carbocycles. The van der Waals surface area contributed by atoms with Gasteiger partial charge >= 0.3 is 0 Å². The molecule has 1 fully saturated rings. The summed E-state index contributed by atoms with van der Waals surface area (Å²) in [5.41, 5.74) is 0. The van der Waals surface area contributed by atoms with E-state index in [1.807, 2.05) is 0 Å². The normalized spacial score (nSPS) is 28.8. The van der Waals surface area contributed by atoms with Crippen molar-refractivity contribution in [2.24, 2.45) is 0 Å². The summed E-state index contributed by atoms with van der Waals surface area (Å²) in [5, 5.41) is 1.05. The molecule has 1 aliphatic rings. The highest BCUT2D eigenvalue weighted by atomic mass is 79.9. The molecular formula is C7H14BrNO. The van der Waals surface area contributed by atoms with E-state index in [9.17, 15) is 0 Å². The lowest BCUT2D eigenvalue weighted by molar-refractivity contribution is -0.0199. The first-order chi connectivity index (χ1) is 4.83. The van der Waals surface area contributed by atoms with Crippen molar-refractivity contribution < 1.29 is 4.74 Å². The Morgan fingerprint density at radius 2 is 2.50 bits per heavy atom. The van der Waals surface area contributed by atoms with Crippen LogP contribution in [0.15, 0.2) is 0 Å². The molecule has 1 saturated heterocycles. The van der Waals surface area contributed by atoms with Crippen LogP contribution in [0.1, 0.15) is 6.42 Å². The Morgan fingerprint density at radius 3 is 3.10 bits per heavy atom. The molecule has 0 bridgehead atoms. The molecule has 2 nitrogen and oxygen atoms in total. The van der Waals surface area contributed by atoms with Crippen molar-refractivity contribution in [2.75, 3.05) is 32.1 Å². The second kappa shape index (κ2) is 4.31. The Morgan fingerprint density at radius 1 is 1.70 bits per heavy atom. The number of hydrogen-bond donors (Lipinski definition) is 0. The van der Waals surface area contributed by atoms with E-state index in [1.54, 1.807) is 0 Å². The van der Waals surface area contributed by atoms with E-state index in [1.165, 1.54) is 0 Å². The second-order valence-electron chi connectivity index (χ2n) is 2.73. The molecule has 1 heterocycles. The number of halogens is 1. The van der Waals surface area contributed by atoms with Crippen LogP contribution in [-0.2, 0) is 4.74 Å². The number of ether oxygens (including phenoxy) is 1. The average molecular weight is 208 g/mol. The van der Waals surface area contributed by atoms with Crippen molar-refractivity contribution in [3.8, 4) is 0 Å². The van der Waals surface area contributed by atoms with Gasteiger partial charge in [-0.3, -0.25) is 0 Å². The number of rotatable bonds is 2. The van der Waals surface area contributed by atoms with E-state index in [-0.39, 0.29) is 0 Å². The molecule has 0 saturated carbocycles. The first-order valence-corrected chi connectivity index (χ1v) is 4.81. The lowest BCUT2D eigenvalue weighted by Crippen LogP contribution is -2.40. The van der Waals surface area contributed by atoms with Gasteiger partial charge in [-0.15, -0.1) is 0 Å². The molecule has 1 atom stereocenters. The predicted molar refractivity (Wildman–Crippen MR) is 45.6 cm³/mol. The first-order valence-electron chi connectivity index (χ1n) is 3.69. The van der Waals surface area contributed by atoms with Crippen molar-refractivity contribution in [1.29, 1.82) is 0 Å². The molecule has 0 radical (unpaired) electrons. The zero-order chi connectivity index (χ0) is 7.40. The zero-order valence-corrected chi connectivity index (χ0v) is 7.93. The molecule has 0 aromatic rings. The fraction of sp³-hybridized carbons (Fsp3) is 1.00. The molecule has 0 aliphatic carbocycles. The Bertz CT molecular complexity index is 97.6. The Kier molecular flexibility index (Phi) is 3.66. The Labute approximate surface area is 70.7 Å². The average Bonchev–Trinajstić information content (AvgIpc) is 1.88. The van der Waals surface area contributed by atoms with Crippen molar-refractivity contribution in [3.05, 3.63) is 0 Å². The topological polar surface area (TPSA) is 12.5 Å². The number of morpholine rings is 1. The molecule has 1 aliphatic heterocycles. The van der Waals surface area contributed by atoms with Gasteiger partial charge in [-0.05, 0) is 13.5 Å². The fourth-order valence-corrected chi connectivity index (χ4v) is 1.67. The highest BCUT2D eigenvalue weighted by Gasteiger charge is 2.15. The van der Waals surface area contributed by atoms with Gasteiger partial charge in [0.05, 0.1) is 12.7 Å². The van der Waals surface area contributed by atoms with Gasteiger partial charge in [-0.2, -0.15) is 0 Å². The van der Waals surface area contributed by atoms with Gasteiger partial charge in [0.15, 0.2) is 0 Å². The van der Waals surface area contributed by atoms with Crippen LogP contribution in [-0.4, -0.2) is 43.1 Å². The summed E-state index contributed by atoms with van der Waals surface area (Å²) in [6, 6.07) is 0. The van der Waals surface area contributed by atoms with Gasteiger partial charge in [0.2, 0.25) is 0 Å². The fourth-order valence-electron chi connectivity index (χ4n) is 1.16. The molecule has 0 amide bonds. The van der Waals surface area contributed by atoms with E-state index >= 15 is 0 Å². The van der Waals surface area contributed by atoms with E-state index in [4.69, 9.17) is 4.74 Å².